The molecule has 15 heavy (non-hydrogen) atoms. The number of aliphatic hydroxyl groups excluding tert-OH is 1. The molecule has 0 saturated carbocycles. The zero-order chi connectivity index (χ0) is 11.7. The molecule has 90 valence electrons. The summed E-state index contributed by atoms with van der Waals surface area (Å²) < 4.78 is 0. The Morgan fingerprint density at radius 1 is 1.13 bits per heavy atom. The summed E-state index contributed by atoms with van der Waals surface area (Å²) in [6.07, 6.45) is 7.32. The molecule has 0 aliphatic rings. The molecule has 0 rings (SSSR count). The Labute approximate surface area is 95.6 Å². The molecule has 1 N–H and O–H groups in total. The zero-order valence-corrected chi connectivity index (χ0v) is 10.8. The van der Waals surface area contributed by atoms with E-state index >= 15 is 0 Å². The molecule has 0 radical (unpaired) electrons. The molecule has 0 saturated heterocycles. The maximum absolute atomic E-state index is 8.65. The Bertz CT molecular complexity index is 163. The molecule has 0 aliphatic carbocycles. The minimum Gasteiger partial charge on any atom is -0.396 e. The minimum atomic E-state index is 0.349. The summed E-state index contributed by atoms with van der Waals surface area (Å²) in [5, 5.41) is 8.65. The maximum Gasteiger partial charge on any atom is 0.0431 e. The Kier molecular flexibility index (Phi) is 8.79. The van der Waals surface area contributed by atoms with Gasteiger partial charge in [-0.25, -0.2) is 0 Å². The van der Waals surface area contributed by atoms with Crippen LogP contribution in [0.3, 0.4) is 0 Å². The van der Waals surface area contributed by atoms with Crippen molar-refractivity contribution in [1.29, 1.82) is 0 Å². The van der Waals surface area contributed by atoms with E-state index in [-0.39, 0.29) is 0 Å². The average Bonchev–Trinajstić information content (AvgIpc) is 2.17. The quantitative estimate of drug-likeness (QED) is 0.449. The molecule has 0 fully saturated rings. The first-order valence-corrected chi connectivity index (χ1v) is 6.34. The van der Waals surface area contributed by atoms with Gasteiger partial charge in [0, 0.05) is 6.61 Å². The minimum absolute atomic E-state index is 0.349. The number of hydrogen-bond acceptors (Lipinski definition) is 1. The third-order valence-corrected chi connectivity index (χ3v) is 3.20. The third-order valence-electron chi connectivity index (χ3n) is 3.20. The van der Waals surface area contributed by atoms with Gasteiger partial charge in [-0.1, -0.05) is 51.7 Å². The van der Waals surface area contributed by atoms with Crippen LogP contribution < -0.4 is 0 Å². The lowest BCUT2D eigenvalue weighted by Crippen LogP contribution is -2.04. The molecule has 0 aromatic heterocycles. The molecule has 0 aliphatic heterocycles. The summed E-state index contributed by atoms with van der Waals surface area (Å²) >= 11 is 0. The van der Waals surface area contributed by atoms with Crippen molar-refractivity contribution < 1.29 is 5.11 Å². The fourth-order valence-electron chi connectivity index (χ4n) is 1.88. The van der Waals surface area contributed by atoms with Crippen LogP contribution in [0.2, 0.25) is 0 Å². The normalized spacial score (nSPS) is 14.9. The van der Waals surface area contributed by atoms with E-state index in [9.17, 15) is 0 Å². The molecule has 1 heteroatoms. The molecule has 0 spiro atoms. The van der Waals surface area contributed by atoms with E-state index in [1.807, 2.05) is 0 Å². The second-order valence-electron chi connectivity index (χ2n) is 5.01. The predicted octanol–water partition coefficient (Wildman–Crippen LogP) is 4.17. The van der Waals surface area contributed by atoms with Crippen molar-refractivity contribution in [2.45, 2.75) is 59.3 Å². The van der Waals surface area contributed by atoms with Crippen LogP contribution in [0.4, 0.5) is 0 Å². The van der Waals surface area contributed by atoms with Crippen molar-refractivity contribution in [3.8, 4) is 0 Å². The second kappa shape index (κ2) is 8.96. The SMILES string of the molecule is C=C(C)C(C)CC(C)CCCCCCO. The van der Waals surface area contributed by atoms with Gasteiger partial charge < -0.3 is 5.11 Å². The molecule has 0 heterocycles. The fraction of sp³-hybridized carbons (Fsp3) is 0.857. The summed E-state index contributed by atoms with van der Waals surface area (Å²) in [5.41, 5.74) is 1.31. The number of aliphatic hydroxyl groups is 1. The first-order chi connectivity index (χ1) is 7.07. The van der Waals surface area contributed by atoms with Gasteiger partial charge in [-0.05, 0) is 31.6 Å². The van der Waals surface area contributed by atoms with Crippen LogP contribution in [0.5, 0.6) is 0 Å². The van der Waals surface area contributed by atoms with E-state index in [4.69, 9.17) is 5.11 Å². The first-order valence-electron chi connectivity index (χ1n) is 6.34. The van der Waals surface area contributed by atoms with Crippen LogP contribution in [0.1, 0.15) is 59.3 Å². The fourth-order valence-corrected chi connectivity index (χ4v) is 1.88. The van der Waals surface area contributed by atoms with E-state index < -0.39 is 0 Å². The summed E-state index contributed by atoms with van der Waals surface area (Å²) in [7, 11) is 0. The second-order valence-corrected chi connectivity index (χ2v) is 5.01. The van der Waals surface area contributed by atoms with Gasteiger partial charge in [0.2, 0.25) is 0 Å². The van der Waals surface area contributed by atoms with Crippen molar-refractivity contribution in [1.82, 2.24) is 0 Å². The van der Waals surface area contributed by atoms with E-state index in [1.54, 1.807) is 0 Å². The zero-order valence-electron chi connectivity index (χ0n) is 10.8. The highest BCUT2D eigenvalue weighted by Crippen LogP contribution is 2.22. The Morgan fingerprint density at radius 3 is 2.27 bits per heavy atom. The molecular weight excluding hydrogens is 184 g/mol. The van der Waals surface area contributed by atoms with Crippen LogP contribution in [-0.2, 0) is 0 Å². The van der Waals surface area contributed by atoms with Gasteiger partial charge in [0.15, 0.2) is 0 Å². The molecule has 0 aromatic carbocycles. The lowest BCUT2D eigenvalue weighted by molar-refractivity contribution is 0.281. The Morgan fingerprint density at radius 2 is 1.73 bits per heavy atom. The third kappa shape index (κ3) is 8.68. The van der Waals surface area contributed by atoms with E-state index in [2.05, 4.69) is 27.4 Å². The molecule has 0 amide bonds. The summed E-state index contributed by atoms with van der Waals surface area (Å²) in [5.74, 6) is 1.48. The standard InChI is InChI=1S/C14H28O/c1-12(2)14(4)11-13(3)9-7-5-6-8-10-15/h13-15H,1,5-11H2,2-4H3. The van der Waals surface area contributed by atoms with E-state index in [1.165, 1.54) is 37.7 Å². The Hall–Kier alpha value is -0.300. The van der Waals surface area contributed by atoms with Crippen molar-refractivity contribution in [2.75, 3.05) is 6.61 Å². The number of hydrogen-bond donors (Lipinski definition) is 1. The highest BCUT2D eigenvalue weighted by atomic mass is 16.2. The van der Waals surface area contributed by atoms with Crippen LogP contribution in [0, 0.1) is 11.8 Å². The van der Waals surface area contributed by atoms with E-state index in [0.29, 0.717) is 12.5 Å². The summed E-state index contributed by atoms with van der Waals surface area (Å²) in [4.78, 5) is 0. The molecule has 2 atom stereocenters. The molecule has 2 unspecified atom stereocenters. The monoisotopic (exact) mass is 212 g/mol. The highest BCUT2D eigenvalue weighted by molar-refractivity contribution is 4.94. The maximum atomic E-state index is 8.65. The van der Waals surface area contributed by atoms with Crippen molar-refractivity contribution in [3.05, 3.63) is 12.2 Å². The topological polar surface area (TPSA) is 20.2 Å². The van der Waals surface area contributed by atoms with Crippen LogP contribution in [0.15, 0.2) is 12.2 Å². The van der Waals surface area contributed by atoms with Gasteiger partial charge in [0.1, 0.15) is 0 Å². The lowest BCUT2D eigenvalue weighted by atomic mass is 9.89. The van der Waals surface area contributed by atoms with E-state index in [0.717, 1.165) is 12.3 Å². The van der Waals surface area contributed by atoms with Gasteiger partial charge >= 0.3 is 0 Å². The summed E-state index contributed by atoms with van der Waals surface area (Å²) in [6.45, 7) is 11.1. The van der Waals surface area contributed by atoms with Gasteiger partial charge in [0.05, 0.1) is 0 Å². The smallest absolute Gasteiger partial charge is 0.0431 e. The molecule has 0 aromatic rings. The van der Waals surface area contributed by atoms with Gasteiger partial charge in [-0.2, -0.15) is 0 Å². The predicted molar refractivity (Wildman–Crippen MR) is 67.9 cm³/mol. The van der Waals surface area contributed by atoms with Gasteiger partial charge in [-0.15, -0.1) is 0 Å². The molecule has 1 nitrogen and oxygen atoms in total. The van der Waals surface area contributed by atoms with Crippen LogP contribution in [0.25, 0.3) is 0 Å². The lowest BCUT2D eigenvalue weighted by Gasteiger charge is -2.17. The van der Waals surface area contributed by atoms with Crippen molar-refractivity contribution in [2.24, 2.45) is 11.8 Å². The summed E-state index contributed by atoms with van der Waals surface area (Å²) in [6, 6.07) is 0. The molecular formula is C14H28O. The Balaban J connectivity index is 3.40. The average molecular weight is 212 g/mol. The van der Waals surface area contributed by atoms with Crippen molar-refractivity contribution in [3.63, 3.8) is 0 Å². The van der Waals surface area contributed by atoms with Gasteiger partial charge in [-0.3, -0.25) is 0 Å². The first kappa shape index (κ1) is 14.7. The number of unbranched alkanes of at least 4 members (excludes halogenated alkanes) is 3. The van der Waals surface area contributed by atoms with Crippen molar-refractivity contribution >= 4 is 0 Å². The van der Waals surface area contributed by atoms with Gasteiger partial charge in [0.25, 0.3) is 0 Å². The van der Waals surface area contributed by atoms with Crippen LogP contribution >= 0.6 is 0 Å². The molecule has 0 bridgehead atoms. The highest BCUT2D eigenvalue weighted by Gasteiger charge is 2.08. The largest absolute Gasteiger partial charge is 0.396 e. The number of allylic oxidation sites excluding steroid dienone is 1. The number of rotatable bonds is 9. The van der Waals surface area contributed by atoms with Crippen LogP contribution in [-0.4, -0.2) is 11.7 Å².